The third-order valence-corrected chi connectivity index (χ3v) is 4.16. The first-order valence-electron chi connectivity index (χ1n) is 5.57. The minimum Gasteiger partial charge on any atom is -0.369 e. The predicted octanol–water partition coefficient (Wildman–Crippen LogP) is 0.624. The standard InChI is InChI=1S/C12H14N4O2S/c1-6(9(15)17)19-11-8(5-14)12(2,3)7(4-13)10(18)16-11/h6-7H,1-3H3,(H2,15,17)(H,16,18)/t6-,7+/m1/s1. The molecule has 1 rings (SSSR count). The van der Waals surface area contributed by atoms with Crippen molar-refractivity contribution in [2.75, 3.05) is 0 Å². The van der Waals surface area contributed by atoms with Crippen LogP contribution in [0.25, 0.3) is 0 Å². The molecular formula is C12H14N4O2S. The van der Waals surface area contributed by atoms with Crippen LogP contribution in [0.15, 0.2) is 10.6 Å². The van der Waals surface area contributed by atoms with Gasteiger partial charge in [-0.05, 0) is 6.92 Å². The summed E-state index contributed by atoms with van der Waals surface area (Å²) in [5.41, 5.74) is 4.56. The maximum absolute atomic E-state index is 11.9. The number of rotatable bonds is 3. The van der Waals surface area contributed by atoms with Gasteiger partial charge in [-0.1, -0.05) is 25.6 Å². The average Bonchev–Trinajstić information content (AvgIpc) is 2.28. The smallest absolute Gasteiger partial charge is 0.243 e. The molecular weight excluding hydrogens is 264 g/mol. The number of primary amides is 1. The minimum atomic E-state index is -0.935. The number of hydrogen-bond donors (Lipinski definition) is 2. The maximum Gasteiger partial charge on any atom is 0.243 e. The van der Waals surface area contributed by atoms with Gasteiger partial charge in [0.05, 0.1) is 28.0 Å². The first-order chi connectivity index (χ1) is 8.75. The van der Waals surface area contributed by atoms with Gasteiger partial charge in [0.2, 0.25) is 11.8 Å². The summed E-state index contributed by atoms with van der Waals surface area (Å²) in [5, 5.41) is 20.5. The van der Waals surface area contributed by atoms with Crippen LogP contribution in [0.2, 0.25) is 0 Å². The Hall–Kier alpha value is -1.99. The van der Waals surface area contributed by atoms with Gasteiger partial charge in [-0.2, -0.15) is 10.5 Å². The molecule has 3 N–H and O–H groups in total. The first kappa shape index (κ1) is 15.1. The molecule has 1 aliphatic rings. The van der Waals surface area contributed by atoms with Gasteiger partial charge in [-0.3, -0.25) is 9.59 Å². The predicted molar refractivity (Wildman–Crippen MR) is 69.9 cm³/mol. The molecule has 7 heteroatoms. The molecule has 0 aromatic heterocycles. The Bertz CT molecular complexity index is 539. The SMILES string of the molecule is C[C@@H](SC1=C(C#N)C(C)(C)[C@@H](C#N)C(=O)N1)C(N)=O. The summed E-state index contributed by atoms with van der Waals surface area (Å²) in [6, 6.07) is 3.92. The van der Waals surface area contributed by atoms with Crippen LogP contribution in [0, 0.1) is 34.0 Å². The van der Waals surface area contributed by atoms with Crippen molar-refractivity contribution in [3.05, 3.63) is 10.6 Å². The fourth-order valence-corrected chi connectivity index (χ4v) is 2.81. The van der Waals surface area contributed by atoms with E-state index in [2.05, 4.69) is 5.32 Å². The highest BCUT2D eigenvalue weighted by Crippen LogP contribution is 2.42. The zero-order valence-electron chi connectivity index (χ0n) is 10.9. The van der Waals surface area contributed by atoms with Crippen LogP contribution in [-0.2, 0) is 9.59 Å². The Labute approximate surface area is 115 Å². The maximum atomic E-state index is 11.9. The highest BCUT2D eigenvalue weighted by Gasteiger charge is 2.45. The highest BCUT2D eigenvalue weighted by atomic mass is 32.2. The number of nitriles is 2. The van der Waals surface area contributed by atoms with E-state index in [1.165, 1.54) is 0 Å². The number of nitrogens with two attached hydrogens (primary N) is 1. The topological polar surface area (TPSA) is 120 Å². The molecule has 19 heavy (non-hydrogen) atoms. The largest absolute Gasteiger partial charge is 0.369 e. The van der Waals surface area contributed by atoms with Crippen LogP contribution < -0.4 is 11.1 Å². The van der Waals surface area contributed by atoms with Crippen LogP contribution in [0.3, 0.4) is 0 Å². The zero-order chi connectivity index (χ0) is 14.8. The summed E-state index contributed by atoms with van der Waals surface area (Å²) in [6.07, 6.45) is 0. The van der Waals surface area contributed by atoms with E-state index in [1.54, 1.807) is 20.8 Å². The van der Waals surface area contributed by atoms with Crippen LogP contribution in [0.1, 0.15) is 20.8 Å². The van der Waals surface area contributed by atoms with Crippen molar-refractivity contribution >= 4 is 23.6 Å². The molecule has 0 aliphatic carbocycles. The van der Waals surface area contributed by atoms with Gasteiger partial charge in [0.15, 0.2) is 0 Å². The number of thioether (sulfide) groups is 1. The molecule has 0 saturated carbocycles. The molecule has 0 radical (unpaired) electrons. The molecule has 2 atom stereocenters. The Morgan fingerprint density at radius 1 is 1.53 bits per heavy atom. The van der Waals surface area contributed by atoms with Crippen molar-refractivity contribution in [2.24, 2.45) is 17.1 Å². The van der Waals surface area contributed by atoms with Crippen molar-refractivity contribution in [2.45, 2.75) is 26.0 Å². The second kappa shape index (κ2) is 5.33. The van der Waals surface area contributed by atoms with E-state index < -0.39 is 28.4 Å². The number of nitrogens with zero attached hydrogens (tertiary/aromatic N) is 2. The minimum absolute atomic E-state index is 0.289. The van der Waals surface area contributed by atoms with Gasteiger partial charge in [0.25, 0.3) is 0 Å². The molecule has 0 fully saturated rings. The van der Waals surface area contributed by atoms with Gasteiger partial charge in [-0.15, -0.1) is 0 Å². The number of carbonyl (C=O) groups is 2. The van der Waals surface area contributed by atoms with E-state index in [4.69, 9.17) is 11.0 Å². The summed E-state index contributed by atoms with van der Waals surface area (Å²) in [4.78, 5) is 22.9. The third-order valence-electron chi connectivity index (χ3n) is 3.03. The lowest BCUT2D eigenvalue weighted by molar-refractivity contribution is -0.125. The number of nitrogens with one attached hydrogen (secondary N) is 1. The molecule has 2 amide bonds. The highest BCUT2D eigenvalue weighted by molar-refractivity contribution is 8.04. The number of hydrogen-bond acceptors (Lipinski definition) is 5. The Balaban J connectivity index is 3.25. The lowest BCUT2D eigenvalue weighted by Gasteiger charge is -2.34. The van der Waals surface area contributed by atoms with Crippen LogP contribution in [0.4, 0.5) is 0 Å². The number of allylic oxidation sites excluding steroid dienone is 1. The summed E-state index contributed by atoms with van der Waals surface area (Å²) in [7, 11) is 0. The molecule has 1 heterocycles. The van der Waals surface area contributed by atoms with E-state index in [-0.39, 0.29) is 5.57 Å². The second-order valence-electron chi connectivity index (χ2n) is 4.75. The monoisotopic (exact) mass is 278 g/mol. The quantitative estimate of drug-likeness (QED) is 0.784. The normalized spacial score (nSPS) is 23.0. The van der Waals surface area contributed by atoms with Crippen molar-refractivity contribution in [1.82, 2.24) is 5.32 Å². The molecule has 1 aliphatic heterocycles. The fraction of sp³-hybridized carbons (Fsp3) is 0.500. The average molecular weight is 278 g/mol. The van der Waals surface area contributed by atoms with Gasteiger partial charge in [0, 0.05) is 5.41 Å². The van der Waals surface area contributed by atoms with Crippen LogP contribution in [0.5, 0.6) is 0 Å². The molecule has 100 valence electrons. The number of carbonyl (C=O) groups excluding carboxylic acids is 2. The fourth-order valence-electron chi connectivity index (χ4n) is 1.75. The molecule has 0 aromatic rings. The zero-order valence-corrected chi connectivity index (χ0v) is 11.7. The van der Waals surface area contributed by atoms with Gasteiger partial charge < -0.3 is 11.1 Å². The molecule has 0 bridgehead atoms. The van der Waals surface area contributed by atoms with Crippen molar-refractivity contribution in [3.63, 3.8) is 0 Å². The molecule has 0 saturated heterocycles. The van der Waals surface area contributed by atoms with Crippen molar-refractivity contribution < 1.29 is 9.59 Å². The van der Waals surface area contributed by atoms with Crippen LogP contribution >= 0.6 is 11.8 Å². The summed E-state index contributed by atoms with van der Waals surface area (Å²) in [5.74, 6) is -1.94. The summed E-state index contributed by atoms with van der Waals surface area (Å²) >= 11 is 1.02. The Kier molecular flexibility index (Phi) is 4.23. The molecule has 0 unspecified atom stereocenters. The van der Waals surface area contributed by atoms with Crippen molar-refractivity contribution in [1.29, 1.82) is 10.5 Å². The van der Waals surface area contributed by atoms with E-state index in [0.29, 0.717) is 5.03 Å². The Morgan fingerprint density at radius 2 is 2.11 bits per heavy atom. The lowest BCUT2D eigenvalue weighted by Crippen LogP contribution is -2.45. The van der Waals surface area contributed by atoms with E-state index in [9.17, 15) is 14.9 Å². The van der Waals surface area contributed by atoms with Crippen molar-refractivity contribution in [3.8, 4) is 12.1 Å². The number of amides is 2. The molecule has 0 aromatic carbocycles. The Morgan fingerprint density at radius 3 is 2.53 bits per heavy atom. The van der Waals surface area contributed by atoms with Gasteiger partial charge >= 0.3 is 0 Å². The first-order valence-corrected chi connectivity index (χ1v) is 6.45. The molecule has 6 nitrogen and oxygen atoms in total. The van der Waals surface area contributed by atoms with Gasteiger partial charge in [0.1, 0.15) is 5.92 Å². The van der Waals surface area contributed by atoms with E-state index in [1.807, 2.05) is 12.1 Å². The summed E-state index contributed by atoms with van der Waals surface area (Å²) in [6.45, 7) is 4.91. The molecule has 0 spiro atoms. The van der Waals surface area contributed by atoms with E-state index in [0.717, 1.165) is 11.8 Å². The third kappa shape index (κ3) is 2.72. The lowest BCUT2D eigenvalue weighted by atomic mass is 9.72. The second-order valence-corrected chi connectivity index (χ2v) is 6.10. The van der Waals surface area contributed by atoms with Gasteiger partial charge in [-0.25, -0.2) is 0 Å². The van der Waals surface area contributed by atoms with E-state index >= 15 is 0 Å². The summed E-state index contributed by atoms with van der Waals surface area (Å²) < 4.78 is 0. The van der Waals surface area contributed by atoms with Crippen LogP contribution in [-0.4, -0.2) is 17.1 Å².